The van der Waals surface area contributed by atoms with Gasteiger partial charge >= 0.3 is 0 Å². The molecule has 25 heavy (non-hydrogen) atoms. The molecule has 0 amide bonds. The van der Waals surface area contributed by atoms with E-state index >= 15 is 0 Å². The van der Waals surface area contributed by atoms with E-state index in [4.69, 9.17) is 4.74 Å². The van der Waals surface area contributed by atoms with Gasteiger partial charge in [0.25, 0.3) is 0 Å². The van der Waals surface area contributed by atoms with E-state index in [9.17, 15) is 8.42 Å². The highest BCUT2D eigenvalue weighted by Crippen LogP contribution is 2.24. The van der Waals surface area contributed by atoms with Crippen molar-refractivity contribution in [2.24, 2.45) is 0 Å². The summed E-state index contributed by atoms with van der Waals surface area (Å²) < 4.78 is 34.9. The smallest absolute Gasteiger partial charge is 0.240 e. The molecule has 0 saturated carbocycles. The molecule has 0 aliphatic rings. The van der Waals surface area contributed by atoms with Gasteiger partial charge in [-0.2, -0.15) is 5.10 Å². The van der Waals surface area contributed by atoms with Crippen molar-refractivity contribution < 1.29 is 13.2 Å². The highest BCUT2D eigenvalue weighted by atomic mass is 32.2. The monoisotopic (exact) mass is 377 g/mol. The summed E-state index contributed by atoms with van der Waals surface area (Å²) in [7, 11) is -2.07. The molecule has 1 aromatic carbocycles. The van der Waals surface area contributed by atoms with Crippen molar-refractivity contribution in [3.63, 3.8) is 0 Å². The number of rotatable bonds is 7. The van der Waals surface area contributed by atoms with Crippen LogP contribution in [0.25, 0.3) is 0 Å². The number of hydrogen-bond donors (Lipinski definition) is 1. The van der Waals surface area contributed by atoms with Crippen LogP contribution in [0.2, 0.25) is 0 Å². The molecule has 2 heterocycles. The average Bonchev–Trinajstić information content (AvgIpc) is 3.29. The van der Waals surface area contributed by atoms with E-state index in [0.29, 0.717) is 5.75 Å². The minimum atomic E-state index is -3.63. The first-order chi connectivity index (χ1) is 12.0. The zero-order valence-corrected chi connectivity index (χ0v) is 15.5. The van der Waals surface area contributed by atoms with Crippen molar-refractivity contribution in [3.05, 3.63) is 64.6 Å². The maximum atomic E-state index is 12.6. The number of nitrogens with one attached hydrogen (secondary N) is 1. The Morgan fingerprint density at radius 2 is 2.16 bits per heavy atom. The van der Waals surface area contributed by atoms with Crippen LogP contribution < -0.4 is 9.46 Å². The van der Waals surface area contributed by atoms with E-state index in [-0.39, 0.29) is 17.5 Å². The van der Waals surface area contributed by atoms with E-state index < -0.39 is 10.0 Å². The fraction of sp³-hybridized carbons (Fsp3) is 0.235. The zero-order valence-electron chi connectivity index (χ0n) is 13.9. The van der Waals surface area contributed by atoms with Crippen LogP contribution in [0.15, 0.2) is 59.1 Å². The lowest BCUT2D eigenvalue weighted by molar-refractivity contribution is 0.411. The van der Waals surface area contributed by atoms with Gasteiger partial charge in [-0.1, -0.05) is 6.07 Å². The Labute approximate surface area is 151 Å². The summed E-state index contributed by atoms with van der Waals surface area (Å²) in [5.41, 5.74) is 0.771. The summed E-state index contributed by atoms with van der Waals surface area (Å²) in [5, 5.41) is 6.22. The van der Waals surface area contributed by atoms with Crippen molar-refractivity contribution in [3.8, 4) is 5.75 Å². The van der Waals surface area contributed by atoms with E-state index in [1.807, 2.05) is 36.7 Å². The number of ether oxygens (including phenoxy) is 1. The first-order valence-electron chi connectivity index (χ1n) is 7.68. The molecule has 3 rings (SSSR count). The molecule has 0 saturated heterocycles. The third-order valence-corrected chi connectivity index (χ3v) is 6.25. The van der Waals surface area contributed by atoms with Gasteiger partial charge < -0.3 is 4.74 Å². The maximum absolute atomic E-state index is 12.6. The van der Waals surface area contributed by atoms with E-state index in [0.717, 1.165) is 10.4 Å². The minimum Gasteiger partial charge on any atom is -0.496 e. The summed E-state index contributed by atoms with van der Waals surface area (Å²) >= 11 is 1.57. The Kier molecular flexibility index (Phi) is 5.22. The lowest BCUT2D eigenvalue weighted by atomic mass is 10.2. The minimum absolute atomic E-state index is 0.191. The molecule has 6 nitrogen and oxygen atoms in total. The van der Waals surface area contributed by atoms with Crippen LogP contribution >= 0.6 is 11.3 Å². The predicted molar refractivity (Wildman–Crippen MR) is 97.6 cm³/mol. The van der Waals surface area contributed by atoms with Crippen molar-refractivity contribution in [1.29, 1.82) is 0 Å². The molecule has 1 unspecified atom stereocenters. The standard InChI is InChI=1S/C17H19N3O3S2/c1-13-11-14(6-7-16(13)23-2)25(21,22)19-12-15(17-5-3-10-24-17)20-9-4-8-18-20/h3-11,15,19H,12H2,1-2H3. The Hall–Kier alpha value is -2.16. The fourth-order valence-electron chi connectivity index (χ4n) is 2.56. The van der Waals surface area contributed by atoms with Gasteiger partial charge in [0.2, 0.25) is 10.0 Å². The number of nitrogens with zero attached hydrogens (tertiary/aromatic N) is 2. The van der Waals surface area contributed by atoms with Crippen LogP contribution in [0, 0.1) is 6.92 Å². The van der Waals surface area contributed by atoms with Crippen molar-refractivity contribution in [1.82, 2.24) is 14.5 Å². The van der Waals surface area contributed by atoms with Gasteiger partial charge in [-0.25, -0.2) is 13.1 Å². The second-order valence-electron chi connectivity index (χ2n) is 5.50. The second-order valence-corrected chi connectivity index (χ2v) is 8.25. The normalized spacial score (nSPS) is 12.9. The Morgan fingerprint density at radius 3 is 2.76 bits per heavy atom. The number of methoxy groups -OCH3 is 1. The second kappa shape index (κ2) is 7.38. The summed E-state index contributed by atoms with van der Waals surface area (Å²) in [6.07, 6.45) is 3.51. The lowest BCUT2D eigenvalue weighted by Crippen LogP contribution is -2.31. The van der Waals surface area contributed by atoms with Crippen molar-refractivity contribution in [2.45, 2.75) is 17.9 Å². The fourth-order valence-corrected chi connectivity index (χ4v) is 4.50. The molecule has 1 atom stereocenters. The quantitative estimate of drug-likeness (QED) is 0.687. The van der Waals surface area contributed by atoms with Gasteiger partial charge in [0.1, 0.15) is 5.75 Å². The van der Waals surface area contributed by atoms with Crippen LogP contribution in [-0.4, -0.2) is 31.9 Å². The SMILES string of the molecule is COc1ccc(S(=O)(=O)NCC(c2cccs2)n2cccn2)cc1C. The van der Waals surface area contributed by atoms with Gasteiger partial charge in [0, 0.05) is 23.8 Å². The molecule has 132 valence electrons. The molecule has 3 aromatic rings. The van der Waals surface area contributed by atoms with Crippen LogP contribution in [0.1, 0.15) is 16.5 Å². The van der Waals surface area contributed by atoms with Gasteiger partial charge in [-0.3, -0.25) is 4.68 Å². The molecule has 0 fully saturated rings. The average molecular weight is 377 g/mol. The van der Waals surface area contributed by atoms with E-state index in [2.05, 4.69) is 9.82 Å². The summed E-state index contributed by atoms with van der Waals surface area (Å²) in [5.74, 6) is 0.659. The summed E-state index contributed by atoms with van der Waals surface area (Å²) in [6, 6.07) is 10.4. The van der Waals surface area contributed by atoms with E-state index in [1.54, 1.807) is 47.5 Å². The highest BCUT2D eigenvalue weighted by Gasteiger charge is 2.21. The topological polar surface area (TPSA) is 73.2 Å². The number of thiophene rings is 1. The summed E-state index contributed by atoms with van der Waals surface area (Å²) in [6.45, 7) is 2.03. The Balaban J connectivity index is 1.81. The third-order valence-electron chi connectivity index (χ3n) is 3.86. The maximum Gasteiger partial charge on any atom is 0.240 e. The molecule has 0 radical (unpaired) electrons. The van der Waals surface area contributed by atoms with Crippen LogP contribution in [0.3, 0.4) is 0 Å². The molecular weight excluding hydrogens is 358 g/mol. The molecule has 0 spiro atoms. The van der Waals surface area contributed by atoms with E-state index in [1.165, 1.54) is 0 Å². The van der Waals surface area contributed by atoms with Crippen LogP contribution in [0.4, 0.5) is 0 Å². The predicted octanol–water partition coefficient (Wildman–Crippen LogP) is 2.83. The third kappa shape index (κ3) is 3.92. The van der Waals surface area contributed by atoms with Gasteiger partial charge in [0.05, 0.1) is 18.0 Å². The summed E-state index contributed by atoms with van der Waals surface area (Å²) in [4.78, 5) is 1.26. The number of aromatic nitrogens is 2. The van der Waals surface area contributed by atoms with Crippen LogP contribution in [0.5, 0.6) is 5.75 Å². The van der Waals surface area contributed by atoms with Gasteiger partial charge in [-0.15, -0.1) is 11.3 Å². The number of aryl methyl sites for hydroxylation is 1. The molecular formula is C17H19N3O3S2. The Morgan fingerprint density at radius 1 is 1.32 bits per heavy atom. The van der Waals surface area contributed by atoms with Crippen LogP contribution in [-0.2, 0) is 10.0 Å². The number of hydrogen-bond acceptors (Lipinski definition) is 5. The lowest BCUT2D eigenvalue weighted by Gasteiger charge is -2.17. The first kappa shape index (κ1) is 17.7. The van der Waals surface area contributed by atoms with Crippen molar-refractivity contribution >= 4 is 21.4 Å². The van der Waals surface area contributed by atoms with Gasteiger partial charge in [0.15, 0.2) is 0 Å². The highest BCUT2D eigenvalue weighted by molar-refractivity contribution is 7.89. The molecule has 0 bridgehead atoms. The number of sulfonamides is 1. The van der Waals surface area contributed by atoms with Crippen molar-refractivity contribution in [2.75, 3.05) is 13.7 Å². The molecule has 1 N–H and O–H groups in total. The Bertz CT molecular complexity index is 886. The number of benzene rings is 1. The largest absolute Gasteiger partial charge is 0.496 e. The molecule has 8 heteroatoms. The van der Waals surface area contributed by atoms with Gasteiger partial charge in [-0.05, 0) is 48.2 Å². The molecule has 0 aliphatic heterocycles. The molecule has 2 aromatic heterocycles. The zero-order chi connectivity index (χ0) is 17.9. The first-order valence-corrected chi connectivity index (χ1v) is 10.0. The molecule has 0 aliphatic carbocycles.